The number of hydrogen-bond acceptors (Lipinski definition) is 4. The lowest BCUT2D eigenvalue weighted by Crippen LogP contribution is -2.36. The van der Waals surface area contributed by atoms with Gasteiger partial charge in [0, 0.05) is 13.2 Å². The van der Waals surface area contributed by atoms with E-state index in [1.54, 1.807) is 0 Å². The predicted molar refractivity (Wildman–Crippen MR) is 50.3 cm³/mol. The minimum atomic E-state index is -0.120. The van der Waals surface area contributed by atoms with Gasteiger partial charge in [-0.25, -0.2) is 0 Å². The van der Waals surface area contributed by atoms with Gasteiger partial charge in [-0.15, -0.1) is 0 Å². The van der Waals surface area contributed by atoms with Gasteiger partial charge in [0.15, 0.2) is 0 Å². The first-order valence-electron chi connectivity index (χ1n) is 4.73. The third-order valence-electron chi connectivity index (χ3n) is 2.36. The van der Waals surface area contributed by atoms with E-state index in [4.69, 9.17) is 10.4 Å². The summed E-state index contributed by atoms with van der Waals surface area (Å²) in [5, 5.41) is 19.6. The molecule has 0 bridgehead atoms. The van der Waals surface area contributed by atoms with Gasteiger partial charge >= 0.3 is 0 Å². The summed E-state index contributed by atoms with van der Waals surface area (Å²) in [6.07, 6.45) is 0.946. The fourth-order valence-electron chi connectivity index (χ4n) is 1.60. The summed E-state index contributed by atoms with van der Waals surface area (Å²) >= 11 is 0. The highest BCUT2D eigenvalue weighted by Gasteiger charge is 2.22. The highest BCUT2D eigenvalue weighted by atomic mass is 16.3. The summed E-state index contributed by atoms with van der Waals surface area (Å²) in [6.45, 7) is 2.21. The summed E-state index contributed by atoms with van der Waals surface area (Å²) in [5.41, 5.74) is 0. The van der Waals surface area contributed by atoms with Crippen molar-refractivity contribution in [3.8, 4) is 6.07 Å². The van der Waals surface area contributed by atoms with Crippen LogP contribution in [-0.4, -0.2) is 48.7 Å². The molecule has 5 nitrogen and oxygen atoms in total. The van der Waals surface area contributed by atoms with Crippen molar-refractivity contribution < 1.29 is 9.90 Å². The van der Waals surface area contributed by atoms with Gasteiger partial charge in [0.2, 0.25) is 5.91 Å². The molecule has 2 N–H and O–H groups in total. The molecular weight excluding hydrogens is 182 g/mol. The van der Waals surface area contributed by atoms with E-state index in [0.29, 0.717) is 12.5 Å². The summed E-state index contributed by atoms with van der Waals surface area (Å²) in [5.74, 6) is 0.184. The van der Waals surface area contributed by atoms with Gasteiger partial charge in [-0.1, -0.05) is 0 Å². The van der Waals surface area contributed by atoms with E-state index in [2.05, 4.69) is 5.32 Å². The third-order valence-corrected chi connectivity index (χ3v) is 2.36. The van der Waals surface area contributed by atoms with E-state index in [-0.39, 0.29) is 19.1 Å². The van der Waals surface area contributed by atoms with Crippen molar-refractivity contribution in [2.75, 3.05) is 32.8 Å². The Balaban J connectivity index is 2.19. The second kappa shape index (κ2) is 5.58. The topological polar surface area (TPSA) is 76.4 Å². The van der Waals surface area contributed by atoms with Crippen LogP contribution in [0.1, 0.15) is 6.42 Å². The molecular formula is C9H15N3O2. The maximum Gasteiger partial charge on any atom is 0.235 e. The summed E-state index contributed by atoms with van der Waals surface area (Å²) < 4.78 is 0. The Morgan fingerprint density at radius 1 is 1.71 bits per heavy atom. The zero-order valence-electron chi connectivity index (χ0n) is 8.07. The highest BCUT2D eigenvalue weighted by Crippen LogP contribution is 2.14. The number of hydrogen-bond donors (Lipinski definition) is 2. The lowest BCUT2D eigenvalue weighted by atomic mass is 10.1. The first-order valence-corrected chi connectivity index (χ1v) is 4.73. The lowest BCUT2D eigenvalue weighted by molar-refractivity contribution is -0.121. The lowest BCUT2D eigenvalue weighted by Gasteiger charge is -2.14. The van der Waals surface area contributed by atoms with E-state index >= 15 is 0 Å². The van der Waals surface area contributed by atoms with Gasteiger partial charge in [0.05, 0.1) is 12.6 Å². The number of nitriles is 1. The minimum absolute atomic E-state index is 0.0656. The Bertz CT molecular complexity index is 237. The van der Waals surface area contributed by atoms with E-state index in [0.717, 1.165) is 19.5 Å². The number of rotatable bonds is 4. The standard InChI is InChI=1S/C9H15N3O2/c10-2-3-11-9(14)6-12-4-1-8(5-12)7-13/h8,13H,1,3-7H2,(H,11,14). The van der Waals surface area contributed by atoms with Gasteiger partial charge in [0.1, 0.15) is 6.54 Å². The molecule has 0 aromatic rings. The van der Waals surface area contributed by atoms with Crippen LogP contribution in [0, 0.1) is 17.2 Å². The molecule has 1 rings (SSSR count). The fraction of sp³-hybridized carbons (Fsp3) is 0.778. The maximum absolute atomic E-state index is 11.2. The molecule has 0 radical (unpaired) electrons. The van der Waals surface area contributed by atoms with Crippen molar-refractivity contribution in [3.63, 3.8) is 0 Å². The van der Waals surface area contributed by atoms with Crippen LogP contribution in [0.4, 0.5) is 0 Å². The van der Waals surface area contributed by atoms with Crippen LogP contribution in [-0.2, 0) is 4.79 Å². The van der Waals surface area contributed by atoms with Crippen molar-refractivity contribution in [3.05, 3.63) is 0 Å². The maximum atomic E-state index is 11.2. The van der Waals surface area contributed by atoms with Gasteiger partial charge in [-0.3, -0.25) is 9.69 Å². The van der Waals surface area contributed by atoms with Crippen LogP contribution in [0.5, 0.6) is 0 Å². The van der Waals surface area contributed by atoms with E-state index in [1.807, 2.05) is 11.0 Å². The van der Waals surface area contributed by atoms with Crippen LogP contribution in [0.25, 0.3) is 0 Å². The van der Waals surface area contributed by atoms with Crippen molar-refractivity contribution >= 4 is 5.91 Å². The molecule has 1 heterocycles. The molecule has 14 heavy (non-hydrogen) atoms. The monoisotopic (exact) mass is 197 g/mol. The Morgan fingerprint density at radius 3 is 3.07 bits per heavy atom. The number of amides is 1. The molecule has 1 aliphatic rings. The molecule has 1 fully saturated rings. The van der Waals surface area contributed by atoms with Crippen molar-refractivity contribution in [2.45, 2.75) is 6.42 Å². The Morgan fingerprint density at radius 2 is 2.50 bits per heavy atom. The molecule has 0 saturated carbocycles. The SMILES string of the molecule is N#CCNC(=O)CN1CCC(CO)C1. The van der Waals surface area contributed by atoms with Crippen molar-refractivity contribution in [2.24, 2.45) is 5.92 Å². The van der Waals surface area contributed by atoms with Crippen molar-refractivity contribution in [1.82, 2.24) is 10.2 Å². The van der Waals surface area contributed by atoms with Crippen molar-refractivity contribution in [1.29, 1.82) is 5.26 Å². The largest absolute Gasteiger partial charge is 0.396 e. The number of aliphatic hydroxyl groups is 1. The first kappa shape index (κ1) is 11.0. The number of likely N-dealkylation sites (tertiary alicyclic amines) is 1. The summed E-state index contributed by atoms with van der Waals surface area (Å²) in [7, 11) is 0. The predicted octanol–water partition coefficient (Wildman–Crippen LogP) is -1.06. The first-order chi connectivity index (χ1) is 6.76. The number of nitrogens with zero attached hydrogens (tertiary/aromatic N) is 2. The van der Waals surface area contributed by atoms with Gasteiger partial charge in [0.25, 0.3) is 0 Å². The van der Waals surface area contributed by atoms with E-state index in [9.17, 15) is 4.79 Å². The molecule has 1 saturated heterocycles. The van der Waals surface area contributed by atoms with Gasteiger partial charge in [-0.2, -0.15) is 5.26 Å². The third kappa shape index (κ3) is 3.32. The van der Waals surface area contributed by atoms with Crippen LogP contribution in [0.3, 0.4) is 0 Å². The second-order valence-corrected chi connectivity index (χ2v) is 3.51. The summed E-state index contributed by atoms with van der Waals surface area (Å²) in [4.78, 5) is 13.2. The molecule has 1 unspecified atom stereocenters. The van der Waals surface area contributed by atoms with E-state index in [1.165, 1.54) is 0 Å². The number of carbonyl (C=O) groups is 1. The second-order valence-electron chi connectivity index (χ2n) is 3.51. The molecule has 0 aromatic carbocycles. The fourth-order valence-corrected chi connectivity index (χ4v) is 1.60. The van der Waals surface area contributed by atoms with E-state index < -0.39 is 0 Å². The quantitative estimate of drug-likeness (QED) is 0.563. The highest BCUT2D eigenvalue weighted by molar-refractivity contribution is 5.78. The Kier molecular flexibility index (Phi) is 4.36. The number of aliphatic hydroxyl groups excluding tert-OH is 1. The van der Waals surface area contributed by atoms with Crippen LogP contribution in [0.15, 0.2) is 0 Å². The summed E-state index contributed by atoms with van der Waals surface area (Å²) in [6, 6.07) is 1.85. The Hall–Kier alpha value is -1.12. The molecule has 1 atom stereocenters. The molecule has 0 spiro atoms. The molecule has 78 valence electrons. The average Bonchev–Trinajstić information content (AvgIpc) is 2.62. The number of nitrogens with one attached hydrogen (secondary N) is 1. The van der Waals surface area contributed by atoms with Gasteiger partial charge in [-0.05, 0) is 18.9 Å². The zero-order valence-corrected chi connectivity index (χ0v) is 8.07. The van der Waals surface area contributed by atoms with Crippen LogP contribution >= 0.6 is 0 Å². The van der Waals surface area contributed by atoms with Gasteiger partial charge < -0.3 is 10.4 Å². The Labute approximate surface area is 83.3 Å². The normalized spacial score (nSPS) is 21.9. The van der Waals surface area contributed by atoms with Crippen LogP contribution < -0.4 is 5.32 Å². The molecule has 5 heteroatoms. The molecule has 1 aliphatic heterocycles. The zero-order chi connectivity index (χ0) is 10.4. The molecule has 1 amide bonds. The average molecular weight is 197 g/mol. The minimum Gasteiger partial charge on any atom is -0.396 e. The van der Waals surface area contributed by atoms with Crippen LogP contribution in [0.2, 0.25) is 0 Å². The number of carbonyl (C=O) groups excluding carboxylic acids is 1. The molecule has 0 aromatic heterocycles. The smallest absolute Gasteiger partial charge is 0.235 e. The molecule has 0 aliphatic carbocycles.